The highest BCUT2D eigenvalue weighted by molar-refractivity contribution is 7.89. The molecule has 2 heterocycles. The van der Waals surface area contributed by atoms with Crippen LogP contribution < -0.4 is 0 Å². The van der Waals surface area contributed by atoms with Crippen molar-refractivity contribution in [3.05, 3.63) is 18.0 Å². The van der Waals surface area contributed by atoms with Crippen molar-refractivity contribution in [3.8, 4) is 0 Å². The van der Waals surface area contributed by atoms with E-state index in [2.05, 4.69) is 4.98 Å². The molecule has 0 radical (unpaired) electrons. The van der Waals surface area contributed by atoms with Crippen LogP contribution in [0, 0.1) is 0 Å². The summed E-state index contributed by atoms with van der Waals surface area (Å²) in [5.41, 5.74) is 0.694. The third-order valence-electron chi connectivity index (χ3n) is 3.34. The van der Waals surface area contributed by atoms with Gasteiger partial charge in [0.05, 0.1) is 22.9 Å². The van der Waals surface area contributed by atoms with Gasteiger partial charge in [0.15, 0.2) is 0 Å². The molecule has 1 saturated heterocycles. The zero-order chi connectivity index (χ0) is 13.3. The molecular weight excluding hydrogens is 276 g/mol. The van der Waals surface area contributed by atoms with E-state index < -0.39 is 10.0 Å². The number of nitrogens with zero attached hydrogens (tertiary/aromatic N) is 1. The molecule has 1 aromatic rings. The maximum absolute atomic E-state index is 12.4. The molecule has 0 amide bonds. The maximum Gasteiger partial charge on any atom is 0.244 e. The van der Waals surface area contributed by atoms with Crippen LogP contribution in [0.3, 0.4) is 0 Å². The van der Waals surface area contributed by atoms with E-state index in [1.807, 2.05) is 6.92 Å². The first-order valence-electron chi connectivity index (χ1n) is 5.79. The highest BCUT2D eigenvalue weighted by atomic mass is 35.5. The Kier molecular flexibility index (Phi) is 4.01. The van der Waals surface area contributed by atoms with Crippen molar-refractivity contribution < 1.29 is 13.2 Å². The van der Waals surface area contributed by atoms with Gasteiger partial charge < -0.3 is 9.72 Å². The highest BCUT2D eigenvalue weighted by Gasteiger charge is 2.35. The summed E-state index contributed by atoms with van der Waals surface area (Å²) in [6, 6.07) is 1.46. The lowest BCUT2D eigenvalue weighted by atomic mass is 10.2. The summed E-state index contributed by atoms with van der Waals surface area (Å²) in [5.74, 6) is 0.266. The highest BCUT2D eigenvalue weighted by Crippen LogP contribution is 2.25. The average molecular weight is 293 g/mol. The van der Waals surface area contributed by atoms with Gasteiger partial charge >= 0.3 is 0 Å². The fraction of sp³-hybridized carbons (Fsp3) is 0.636. The zero-order valence-corrected chi connectivity index (χ0v) is 12.0. The van der Waals surface area contributed by atoms with Crippen LogP contribution in [0.5, 0.6) is 0 Å². The summed E-state index contributed by atoms with van der Waals surface area (Å²) >= 11 is 5.66. The summed E-state index contributed by atoms with van der Waals surface area (Å²) in [7, 11) is -1.89. The van der Waals surface area contributed by atoms with Gasteiger partial charge in [0.2, 0.25) is 10.0 Å². The van der Waals surface area contributed by atoms with Gasteiger partial charge in [0.25, 0.3) is 0 Å². The van der Waals surface area contributed by atoms with E-state index in [4.69, 9.17) is 16.3 Å². The zero-order valence-electron chi connectivity index (χ0n) is 10.4. The molecule has 0 aromatic carbocycles. The Morgan fingerprint density at radius 3 is 2.83 bits per heavy atom. The van der Waals surface area contributed by atoms with E-state index in [1.165, 1.54) is 10.5 Å². The monoisotopic (exact) mass is 292 g/mol. The third kappa shape index (κ3) is 2.42. The molecular formula is C11H17ClN2O3S. The summed E-state index contributed by atoms with van der Waals surface area (Å²) < 4.78 is 31.6. The summed E-state index contributed by atoms with van der Waals surface area (Å²) in [5, 5.41) is 0. The van der Waals surface area contributed by atoms with Gasteiger partial charge in [0, 0.05) is 25.5 Å². The van der Waals surface area contributed by atoms with Crippen LogP contribution in [0.2, 0.25) is 0 Å². The minimum absolute atomic E-state index is 0.0729. The number of rotatable bonds is 4. The van der Waals surface area contributed by atoms with Crippen molar-refractivity contribution in [2.24, 2.45) is 0 Å². The molecule has 1 fully saturated rings. The quantitative estimate of drug-likeness (QED) is 0.857. The van der Waals surface area contributed by atoms with Crippen molar-refractivity contribution in [2.75, 3.05) is 13.7 Å². The van der Waals surface area contributed by atoms with Crippen LogP contribution in [-0.2, 0) is 20.6 Å². The predicted molar refractivity (Wildman–Crippen MR) is 69.1 cm³/mol. The minimum atomic E-state index is -3.48. The van der Waals surface area contributed by atoms with Crippen LogP contribution in [0.1, 0.15) is 19.0 Å². The Labute approximate surface area is 112 Å². The van der Waals surface area contributed by atoms with E-state index in [0.717, 1.165) is 6.42 Å². The Morgan fingerprint density at radius 2 is 2.33 bits per heavy atom. The fourth-order valence-corrected chi connectivity index (χ4v) is 3.81. The van der Waals surface area contributed by atoms with E-state index in [-0.39, 0.29) is 22.9 Å². The summed E-state index contributed by atoms with van der Waals surface area (Å²) in [6.07, 6.45) is 2.13. The predicted octanol–water partition coefficient (Wildman–Crippen LogP) is 1.55. The number of ether oxygens (including phenoxy) is 1. The Hall–Kier alpha value is -0.560. The van der Waals surface area contributed by atoms with Crippen LogP contribution in [0.4, 0.5) is 0 Å². The largest absolute Gasteiger partial charge is 0.377 e. The molecule has 1 aliphatic heterocycles. The molecule has 7 heteroatoms. The lowest BCUT2D eigenvalue weighted by molar-refractivity contribution is 0.102. The SMILES string of the molecule is CC1OCCC1N(C)S(=O)(=O)c1c[nH]c(CCl)c1. The van der Waals surface area contributed by atoms with Crippen molar-refractivity contribution in [1.29, 1.82) is 0 Å². The van der Waals surface area contributed by atoms with Gasteiger partial charge in [-0.05, 0) is 19.4 Å². The van der Waals surface area contributed by atoms with Crippen molar-refractivity contribution in [2.45, 2.75) is 36.3 Å². The lowest BCUT2D eigenvalue weighted by Crippen LogP contribution is -2.40. The number of likely N-dealkylation sites (N-methyl/N-ethyl adjacent to an activating group) is 1. The topological polar surface area (TPSA) is 62.4 Å². The minimum Gasteiger partial charge on any atom is -0.377 e. The van der Waals surface area contributed by atoms with Gasteiger partial charge in [-0.2, -0.15) is 4.31 Å². The fourth-order valence-electron chi connectivity index (χ4n) is 2.19. The number of sulfonamides is 1. The van der Waals surface area contributed by atoms with E-state index in [9.17, 15) is 8.42 Å². The maximum atomic E-state index is 12.4. The molecule has 2 rings (SSSR count). The number of aromatic amines is 1. The number of hydrogen-bond acceptors (Lipinski definition) is 3. The van der Waals surface area contributed by atoms with E-state index >= 15 is 0 Å². The van der Waals surface area contributed by atoms with Crippen LogP contribution in [0.15, 0.2) is 17.2 Å². The third-order valence-corrected chi connectivity index (χ3v) is 5.49. The second-order valence-corrected chi connectivity index (χ2v) is 6.71. The number of H-pyrrole nitrogens is 1. The van der Waals surface area contributed by atoms with E-state index in [1.54, 1.807) is 13.1 Å². The Balaban J connectivity index is 2.24. The Morgan fingerprint density at radius 1 is 1.61 bits per heavy atom. The smallest absolute Gasteiger partial charge is 0.244 e. The number of alkyl halides is 1. The molecule has 2 atom stereocenters. The number of aromatic nitrogens is 1. The van der Waals surface area contributed by atoms with Gasteiger partial charge in [-0.15, -0.1) is 11.6 Å². The van der Waals surface area contributed by atoms with Crippen LogP contribution >= 0.6 is 11.6 Å². The first kappa shape index (κ1) is 13.9. The van der Waals surface area contributed by atoms with Crippen LogP contribution in [0.25, 0.3) is 0 Å². The second-order valence-electron chi connectivity index (χ2n) is 4.45. The molecule has 5 nitrogen and oxygen atoms in total. The van der Waals surface area contributed by atoms with Crippen molar-refractivity contribution in [1.82, 2.24) is 9.29 Å². The molecule has 0 bridgehead atoms. The molecule has 102 valence electrons. The number of nitrogens with one attached hydrogen (secondary N) is 1. The van der Waals surface area contributed by atoms with Gasteiger partial charge in [-0.25, -0.2) is 8.42 Å². The normalized spacial score (nSPS) is 24.9. The molecule has 0 aliphatic carbocycles. The van der Waals surface area contributed by atoms with Crippen molar-refractivity contribution >= 4 is 21.6 Å². The van der Waals surface area contributed by atoms with Gasteiger partial charge in [-0.3, -0.25) is 0 Å². The van der Waals surface area contributed by atoms with Gasteiger partial charge in [-0.1, -0.05) is 0 Å². The lowest BCUT2D eigenvalue weighted by Gasteiger charge is -2.25. The standard InChI is InChI=1S/C11H17ClN2O3S/c1-8-11(3-4-17-8)14(2)18(15,16)10-5-9(6-12)13-7-10/h5,7-8,11,13H,3-4,6H2,1-2H3. The molecule has 1 aliphatic rings. The van der Waals surface area contributed by atoms with Crippen molar-refractivity contribution in [3.63, 3.8) is 0 Å². The Bertz CT molecular complexity index is 514. The first-order valence-corrected chi connectivity index (χ1v) is 7.77. The molecule has 0 spiro atoms. The molecule has 18 heavy (non-hydrogen) atoms. The summed E-state index contributed by atoms with van der Waals surface area (Å²) in [6.45, 7) is 2.50. The molecule has 0 saturated carbocycles. The number of hydrogen-bond donors (Lipinski definition) is 1. The van der Waals surface area contributed by atoms with Gasteiger partial charge in [0.1, 0.15) is 0 Å². The molecule has 2 unspecified atom stereocenters. The number of halogens is 1. The van der Waals surface area contributed by atoms with E-state index in [0.29, 0.717) is 12.3 Å². The average Bonchev–Trinajstić information content (AvgIpc) is 2.96. The first-order chi connectivity index (χ1) is 8.46. The molecule has 1 aromatic heterocycles. The molecule has 1 N–H and O–H groups in total. The summed E-state index contributed by atoms with van der Waals surface area (Å²) in [4.78, 5) is 3.10. The second kappa shape index (κ2) is 5.21. The van der Waals surface area contributed by atoms with Crippen LogP contribution in [-0.4, -0.2) is 43.5 Å².